The lowest BCUT2D eigenvalue weighted by Crippen LogP contribution is -2.10. The van der Waals surface area contributed by atoms with Gasteiger partial charge in [0.2, 0.25) is 5.91 Å². The molecule has 0 aliphatic heterocycles. The number of carbonyl (C=O) groups is 1. The number of halogens is 1. The molecule has 0 saturated heterocycles. The van der Waals surface area contributed by atoms with Crippen molar-refractivity contribution in [3.05, 3.63) is 42.5 Å². The summed E-state index contributed by atoms with van der Waals surface area (Å²) < 4.78 is 0. The number of nitrogens with one attached hydrogen (secondary N) is 1. The fraction of sp³-hybridized carbons (Fsp3) is 0.625. The molecule has 1 aromatic rings. The third kappa shape index (κ3) is 16.6. The van der Waals surface area contributed by atoms with Gasteiger partial charge in [0.05, 0.1) is 0 Å². The number of para-hydroxylation sites is 1. The molecule has 1 amide bonds. The number of amides is 1. The molecule has 0 atom stereocenters. The zero-order valence-corrected chi connectivity index (χ0v) is 18.1. The van der Waals surface area contributed by atoms with Crippen molar-refractivity contribution < 1.29 is 4.79 Å². The number of allylic oxidation sites excluding steroid dienone is 2. The predicted octanol–water partition coefficient (Wildman–Crippen LogP) is 8.08. The first-order chi connectivity index (χ1) is 12.8. The normalized spacial score (nSPS) is 10.7. The van der Waals surface area contributed by atoms with E-state index < -0.39 is 0 Å². The van der Waals surface area contributed by atoms with Crippen LogP contribution in [0.3, 0.4) is 0 Å². The molecule has 0 unspecified atom stereocenters. The highest BCUT2D eigenvalue weighted by Gasteiger charge is 2.01. The highest BCUT2D eigenvalue weighted by Crippen LogP contribution is 2.11. The molecule has 0 aliphatic carbocycles. The maximum Gasteiger partial charge on any atom is 0.224 e. The Bertz CT molecular complexity index is 473. The summed E-state index contributed by atoms with van der Waals surface area (Å²) in [5.41, 5.74) is 0.894. The Morgan fingerprint density at radius 1 is 0.778 bits per heavy atom. The molecule has 0 fully saturated rings. The molecule has 2 nitrogen and oxygen atoms in total. The summed E-state index contributed by atoms with van der Waals surface area (Å²) >= 11 is 0. The van der Waals surface area contributed by atoms with Gasteiger partial charge in [0, 0.05) is 12.1 Å². The summed E-state index contributed by atoms with van der Waals surface area (Å²) in [5.74, 6) is 0.133. The minimum absolute atomic E-state index is 0. The van der Waals surface area contributed by atoms with Gasteiger partial charge in [0.25, 0.3) is 0 Å². The van der Waals surface area contributed by atoms with Gasteiger partial charge in [0.15, 0.2) is 0 Å². The summed E-state index contributed by atoms with van der Waals surface area (Å²) in [4.78, 5) is 11.8. The van der Waals surface area contributed by atoms with Crippen molar-refractivity contribution in [1.29, 1.82) is 0 Å². The van der Waals surface area contributed by atoms with Crippen LogP contribution in [0.4, 0.5) is 5.69 Å². The molecule has 1 rings (SSSR count). The third-order valence-corrected chi connectivity index (χ3v) is 4.72. The third-order valence-electron chi connectivity index (χ3n) is 4.72. The zero-order chi connectivity index (χ0) is 18.7. The van der Waals surface area contributed by atoms with Gasteiger partial charge < -0.3 is 5.32 Å². The van der Waals surface area contributed by atoms with Gasteiger partial charge >= 0.3 is 0 Å². The van der Waals surface area contributed by atoms with Crippen molar-refractivity contribution in [3.8, 4) is 0 Å². The number of anilines is 1. The molecule has 0 heterocycles. The SMILES string of the molecule is CCCCCCCC/C=C\CCCCCCCC(=O)Nc1ccccc1.Cl. The van der Waals surface area contributed by atoms with Crippen LogP contribution in [-0.2, 0) is 4.79 Å². The summed E-state index contributed by atoms with van der Waals surface area (Å²) in [6.07, 6.45) is 22.1. The van der Waals surface area contributed by atoms with E-state index in [4.69, 9.17) is 0 Å². The standard InChI is InChI=1S/C24H39NO.ClH/c1-2-3-4-5-6-7-8-9-10-11-12-13-14-15-19-22-24(26)25-23-20-17-16-18-21-23;/h9-10,16-18,20-21H,2-8,11-15,19,22H2,1H3,(H,25,26);1H/b10-9-;. The van der Waals surface area contributed by atoms with Crippen LogP contribution in [0.1, 0.15) is 96.8 Å². The van der Waals surface area contributed by atoms with Gasteiger partial charge in [-0.05, 0) is 44.2 Å². The number of hydrogen-bond donors (Lipinski definition) is 1. The second-order valence-corrected chi connectivity index (χ2v) is 7.25. The minimum Gasteiger partial charge on any atom is -0.326 e. The van der Waals surface area contributed by atoms with E-state index in [-0.39, 0.29) is 18.3 Å². The maximum atomic E-state index is 11.8. The summed E-state index contributed by atoms with van der Waals surface area (Å²) in [6, 6.07) is 9.70. The van der Waals surface area contributed by atoms with E-state index >= 15 is 0 Å². The average Bonchev–Trinajstić information content (AvgIpc) is 2.65. The predicted molar refractivity (Wildman–Crippen MR) is 122 cm³/mol. The van der Waals surface area contributed by atoms with Crippen LogP contribution in [0, 0.1) is 0 Å². The zero-order valence-electron chi connectivity index (χ0n) is 17.3. The summed E-state index contributed by atoms with van der Waals surface area (Å²) in [5, 5.41) is 2.94. The van der Waals surface area contributed by atoms with Crippen molar-refractivity contribution >= 4 is 24.0 Å². The first kappa shape index (κ1) is 25.7. The molecular weight excluding hydrogens is 354 g/mol. The average molecular weight is 394 g/mol. The molecule has 0 bridgehead atoms. The number of benzene rings is 1. The second-order valence-electron chi connectivity index (χ2n) is 7.25. The highest BCUT2D eigenvalue weighted by molar-refractivity contribution is 5.90. The van der Waals surface area contributed by atoms with Crippen LogP contribution in [0.2, 0.25) is 0 Å². The van der Waals surface area contributed by atoms with Gasteiger partial charge in [-0.2, -0.15) is 0 Å². The Kier molecular flexibility index (Phi) is 18.6. The van der Waals surface area contributed by atoms with E-state index in [2.05, 4.69) is 24.4 Å². The van der Waals surface area contributed by atoms with Gasteiger partial charge in [-0.15, -0.1) is 12.4 Å². The fourth-order valence-electron chi connectivity index (χ4n) is 3.10. The van der Waals surface area contributed by atoms with Gasteiger partial charge in [-0.25, -0.2) is 0 Å². The van der Waals surface area contributed by atoms with Crippen LogP contribution >= 0.6 is 12.4 Å². The number of carbonyl (C=O) groups excluding carboxylic acids is 1. The lowest BCUT2D eigenvalue weighted by molar-refractivity contribution is -0.116. The highest BCUT2D eigenvalue weighted by atomic mass is 35.5. The van der Waals surface area contributed by atoms with Gasteiger partial charge in [0.1, 0.15) is 0 Å². The molecule has 0 aliphatic rings. The Hall–Kier alpha value is -1.28. The monoisotopic (exact) mass is 393 g/mol. The summed E-state index contributed by atoms with van der Waals surface area (Å²) in [6.45, 7) is 2.27. The fourth-order valence-corrected chi connectivity index (χ4v) is 3.10. The Morgan fingerprint density at radius 2 is 1.30 bits per heavy atom. The number of unbranched alkanes of at least 4 members (excludes halogenated alkanes) is 11. The van der Waals surface area contributed by atoms with Crippen LogP contribution in [0.25, 0.3) is 0 Å². The first-order valence-electron chi connectivity index (χ1n) is 10.8. The lowest BCUT2D eigenvalue weighted by Gasteiger charge is -2.04. The Balaban J connectivity index is 0.00000676. The van der Waals surface area contributed by atoms with Crippen molar-refractivity contribution in [2.45, 2.75) is 96.8 Å². The topological polar surface area (TPSA) is 29.1 Å². The van der Waals surface area contributed by atoms with E-state index in [1.54, 1.807) is 0 Å². The molecule has 0 spiro atoms. The number of rotatable bonds is 16. The minimum atomic E-state index is 0. The molecule has 0 saturated carbocycles. The van der Waals surface area contributed by atoms with Crippen molar-refractivity contribution in [2.75, 3.05) is 5.32 Å². The molecule has 27 heavy (non-hydrogen) atoms. The lowest BCUT2D eigenvalue weighted by atomic mass is 10.1. The second kappa shape index (κ2) is 19.5. The molecular formula is C24H40ClNO. The maximum absolute atomic E-state index is 11.8. The largest absolute Gasteiger partial charge is 0.326 e. The van der Waals surface area contributed by atoms with Crippen LogP contribution in [0.5, 0.6) is 0 Å². The van der Waals surface area contributed by atoms with E-state index in [0.29, 0.717) is 6.42 Å². The molecule has 0 radical (unpaired) electrons. The van der Waals surface area contributed by atoms with E-state index in [9.17, 15) is 4.79 Å². The first-order valence-corrected chi connectivity index (χ1v) is 10.8. The van der Waals surface area contributed by atoms with Crippen LogP contribution < -0.4 is 5.32 Å². The molecule has 0 aromatic heterocycles. The van der Waals surface area contributed by atoms with E-state index in [0.717, 1.165) is 18.5 Å². The number of hydrogen-bond acceptors (Lipinski definition) is 1. The molecule has 1 N–H and O–H groups in total. The molecule has 3 heteroatoms. The summed E-state index contributed by atoms with van der Waals surface area (Å²) in [7, 11) is 0. The van der Waals surface area contributed by atoms with Gasteiger partial charge in [-0.1, -0.05) is 88.6 Å². The van der Waals surface area contributed by atoms with Crippen molar-refractivity contribution in [2.24, 2.45) is 0 Å². The Labute approximate surface area is 173 Å². The Morgan fingerprint density at radius 3 is 1.89 bits per heavy atom. The van der Waals surface area contributed by atoms with E-state index in [1.165, 1.54) is 70.6 Å². The molecule has 154 valence electrons. The van der Waals surface area contributed by atoms with Crippen LogP contribution in [-0.4, -0.2) is 5.91 Å². The molecule has 1 aromatic carbocycles. The van der Waals surface area contributed by atoms with Gasteiger partial charge in [-0.3, -0.25) is 4.79 Å². The van der Waals surface area contributed by atoms with Crippen molar-refractivity contribution in [3.63, 3.8) is 0 Å². The van der Waals surface area contributed by atoms with Crippen molar-refractivity contribution in [1.82, 2.24) is 0 Å². The quantitative estimate of drug-likeness (QED) is 0.223. The van der Waals surface area contributed by atoms with Crippen LogP contribution in [0.15, 0.2) is 42.5 Å². The van der Waals surface area contributed by atoms with E-state index in [1.807, 2.05) is 30.3 Å². The smallest absolute Gasteiger partial charge is 0.224 e.